The van der Waals surface area contributed by atoms with Gasteiger partial charge in [0.15, 0.2) is 0 Å². The summed E-state index contributed by atoms with van der Waals surface area (Å²) in [5, 5.41) is 0. The molecule has 21 heavy (non-hydrogen) atoms. The standard InChI is InChI=1S/C17H16FN3/c18-13-5-8-15-16(9-13)21(14-6-7-14)17(20-15)12-3-1-11(10-19)2-4-12/h1-5,8-9,14H,6-7,10,19H2. The molecule has 4 rings (SSSR count). The lowest BCUT2D eigenvalue weighted by atomic mass is 10.1. The molecule has 2 aromatic carbocycles. The Balaban J connectivity index is 1.92. The van der Waals surface area contributed by atoms with Gasteiger partial charge in [-0.15, -0.1) is 0 Å². The van der Waals surface area contributed by atoms with Crippen LogP contribution in [0.3, 0.4) is 0 Å². The molecule has 1 saturated carbocycles. The second-order valence-electron chi connectivity index (χ2n) is 5.57. The van der Waals surface area contributed by atoms with Crippen LogP contribution in [0.25, 0.3) is 22.4 Å². The molecule has 0 atom stereocenters. The number of hydrogen-bond acceptors (Lipinski definition) is 2. The van der Waals surface area contributed by atoms with Crippen LogP contribution in [0, 0.1) is 5.82 Å². The Labute approximate surface area is 122 Å². The van der Waals surface area contributed by atoms with Crippen LogP contribution in [-0.4, -0.2) is 9.55 Å². The Morgan fingerprint density at radius 2 is 1.90 bits per heavy atom. The summed E-state index contributed by atoms with van der Waals surface area (Å²) in [7, 11) is 0. The van der Waals surface area contributed by atoms with Crippen molar-refractivity contribution in [2.75, 3.05) is 0 Å². The van der Waals surface area contributed by atoms with E-state index in [1.165, 1.54) is 6.07 Å². The van der Waals surface area contributed by atoms with Gasteiger partial charge < -0.3 is 10.3 Å². The number of hydrogen-bond donors (Lipinski definition) is 1. The minimum absolute atomic E-state index is 0.214. The molecule has 1 aromatic heterocycles. The van der Waals surface area contributed by atoms with Crippen molar-refractivity contribution in [3.05, 3.63) is 53.8 Å². The van der Waals surface area contributed by atoms with Gasteiger partial charge in [-0.1, -0.05) is 24.3 Å². The van der Waals surface area contributed by atoms with Crippen LogP contribution in [0.5, 0.6) is 0 Å². The molecule has 3 nitrogen and oxygen atoms in total. The van der Waals surface area contributed by atoms with E-state index < -0.39 is 0 Å². The van der Waals surface area contributed by atoms with E-state index in [1.54, 1.807) is 12.1 Å². The van der Waals surface area contributed by atoms with Crippen molar-refractivity contribution in [1.29, 1.82) is 0 Å². The highest BCUT2D eigenvalue weighted by molar-refractivity contribution is 5.81. The number of rotatable bonds is 3. The van der Waals surface area contributed by atoms with E-state index in [4.69, 9.17) is 10.7 Å². The van der Waals surface area contributed by atoms with Crippen molar-refractivity contribution in [3.63, 3.8) is 0 Å². The third kappa shape index (κ3) is 2.12. The molecule has 0 radical (unpaired) electrons. The summed E-state index contributed by atoms with van der Waals surface area (Å²) in [5.74, 6) is 0.705. The first-order chi connectivity index (χ1) is 10.3. The minimum Gasteiger partial charge on any atom is -0.326 e. The zero-order valence-corrected chi connectivity index (χ0v) is 11.6. The van der Waals surface area contributed by atoms with E-state index in [-0.39, 0.29) is 5.82 Å². The zero-order chi connectivity index (χ0) is 14.4. The SMILES string of the molecule is NCc1ccc(-c2nc3ccc(F)cc3n2C2CC2)cc1. The molecule has 0 saturated heterocycles. The van der Waals surface area contributed by atoms with Gasteiger partial charge in [0.1, 0.15) is 11.6 Å². The van der Waals surface area contributed by atoms with Gasteiger partial charge in [-0.3, -0.25) is 0 Å². The molecule has 0 bridgehead atoms. The minimum atomic E-state index is -0.214. The van der Waals surface area contributed by atoms with Crippen molar-refractivity contribution < 1.29 is 4.39 Å². The fourth-order valence-electron chi connectivity index (χ4n) is 2.76. The fourth-order valence-corrected chi connectivity index (χ4v) is 2.76. The maximum absolute atomic E-state index is 13.6. The van der Waals surface area contributed by atoms with Gasteiger partial charge in [-0.2, -0.15) is 0 Å². The van der Waals surface area contributed by atoms with Crippen molar-refractivity contribution in [2.45, 2.75) is 25.4 Å². The summed E-state index contributed by atoms with van der Waals surface area (Å²) in [5.41, 5.74) is 9.52. The molecule has 2 N–H and O–H groups in total. The van der Waals surface area contributed by atoms with Crippen LogP contribution < -0.4 is 5.73 Å². The highest BCUT2D eigenvalue weighted by atomic mass is 19.1. The first-order valence-corrected chi connectivity index (χ1v) is 7.23. The second kappa shape index (κ2) is 4.67. The van der Waals surface area contributed by atoms with Crippen molar-refractivity contribution in [3.8, 4) is 11.4 Å². The van der Waals surface area contributed by atoms with Gasteiger partial charge in [0.25, 0.3) is 0 Å². The van der Waals surface area contributed by atoms with E-state index in [9.17, 15) is 4.39 Å². The number of fused-ring (bicyclic) bond motifs is 1. The van der Waals surface area contributed by atoms with Crippen LogP contribution >= 0.6 is 0 Å². The molecule has 0 amide bonds. The molecule has 1 heterocycles. The Hall–Kier alpha value is -2.20. The van der Waals surface area contributed by atoms with Gasteiger partial charge in [-0.25, -0.2) is 9.37 Å². The number of benzene rings is 2. The maximum atomic E-state index is 13.6. The van der Waals surface area contributed by atoms with Crippen LogP contribution in [0.15, 0.2) is 42.5 Å². The number of nitrogens with zero attached hydrogens (tertiary/aromatic N) is 2. The molecule has 0 spiro atoms. The van der Waals surface area contributed by atoms with Crippen molar-refractivity contribution >= 4 is 11.0 Å². The lowest BCUT2D eigenvalue weighted by Gasteiger charge is -2.08. The normalized spacial score (nSPS) is 14.8. The number of imidazole rings is 1. The number of halogens is 1. The second-order valence-corrected chi connectivity index (χ2v) is 5.57. The van der Waals surface area contributed by atoms with Gasteiger partial charge in [0, 0.05) is 18.2 Å². The topological polar surface area (TPSA) is 43.8 Å². The Morgan fingerprint density at radius 1 is 1.14 bits per heavy atom. The van der Waals surface area contributed by atoms with Crippen LogP contribution in [0.4, 0.5) is 4.39 Å². The van der Waals surface area contributed by atoms with E-state index >= 15 is 0 Å². The lowest BCUT2D eigenvalue weighted by Crippen LogP contribution is -1.99. The molecule has 3 aromatic rings. The van der Waals surface area contributed by atoms with Gasteiger partial charge in [0.2, 0.25) is 0 Å². The quantitative estimate of drug-likeness (QED) is 0.796. The molecule has 0 aliphatic heterocycles. The highest BCUT2D eigenvalue weighted by Crippen LogP contribution is 2.41. The zero-order valence-electron chi connectivity index (χ0n) is 11.6. The van der Waals surface area contributed by atoms with Gasteiger partial charge >= 0.3 is 0 Å². The number of nitrogens with two attached hydrogens (primary N) is 1. The summed E-state index contributed by atoms with van der Waals surface area (Å²) < 4.78 is 15.7. The Kier molecular flexibility index (Phi) is 2.79. The van der Waals surface area contributed by atoms with Gasteiger partial charge in [-0.05, 0) is 36.6 Å². The first kappa shape index (κ1) is 12.5. The Bertz CT molecular complexity index is 801. The summed E-state index contributed by atoms with van der Waals surface area (Å²) in [6.45, 7) is 0.532. The summed E-state index contributed by atoms with van der Waals surface area (Å²) in [6.07, 6.45) is 2.27. The first-order valence-electron chi connectivity index (χ1n) is 7.23. The van der Waals surface area contributed by atoms with Gasteiger partial charge in [0.05, 0.1) is 11.0 Å². The summed E-state index contributed by atoms with van der Waals surface area (Å²) in [4.78, 5) is 4.71. The average Bonchev–Trinajstić information content (AvgIpc) is 3.28. The van der Waals surface area contributed by atoms with Crippen LogP contribution in [0.2, 0.25) is 0 Å². The van der Waals surface area contributed by atoms with Crippen molar-refractivity contribution in [2.24, 2.45) is 5.73 Å². The van der Waals surface area contributed by atoms with E-state index in [0.29, 0.717) is 12.6 Å². The van der Waals surface area contributed by atoms with Crippen LogP contribution in [0.1, 0.15) is 24.4 Å². The molecule has 4 heteroatoms. The Morgan fingerprint density at radius 3 is 2.57 bits per heavy atom. The van der Waals surface area contributed by atoms with Crippen molar-refractivity contribution in [1.82, 2.24) is 9.55 Å². The molecule has 1 aliphatic rings. The van der Waals surface area contributed by atoms with E-state index in [1.807, 2.05) is 24.3 Å². The highest BCUT2D eigenvalue weighted by Gasteiger charge is 2.28. The molecule has 106 valence electrons. The predicted molar refractivity (Wildman–Crippen MR) is 81.3 cm³/mol. The third-order valence-electron chi connectivity index (χ3n) is 4.01. The molecule has 1 fully saturated rings. The molecule has 1 aliphatic carbocycles. The van der Waals surface area contributed by atoms with E-state index in [2.05, 4.69) is 4.57 Å². The largest absolute Gasteiger partial charge is 0.326 e. The van der Waals surface area contributed by atoms with Crippen LogP contribution in [-0.2, 0) is 6.54 Å². The predicted octanol–water partition coefficient (Wildman–Crippen LogP) is 3.64. The monoisotopic (exact) mass is 281 g/mol. The smallest absolute Gasteiger partial charge is 0.141 e. The maximum Gasteiger partial charge on any atom is 0.141 e. The fraction of sp³-hybridized carbons (Fsp3) is 0.235. The lowest BCUT2D eigenvalue weighted by molar-refractivity contribution is 0.628. The third-order valence-corrected chi connectivity index (χ3v) is 4.01. The molecule has 0 unspecified atom stereocenters. The molecular formula is C17H16FN3. The number of aromatic nitrogens is 2. The average molecular weight is 281 g/mol. The van der Waals surface area contributed by atoms with E-state index in [0.717, 1.165) is 40.8 Å². The molecular weight excluding hydrogens is 265 g/mol. The summed E-state index contributed by atoms with van der Waals surface area (Å²) >= 11 is 0. The summed E-state index contributed by atoms with van der Waals surface area (Å²) in [6, 6.07) is 13.4.